The lowest BCUT2D eigenvalue weighted by atomic mass is 10.1. The van der Waals surface area contributed by atoms with E-state index >= 15 is 0 Å². The summed E-state index contributed by atoms with van der Waals surface area (Å²) in [5.74, 6) is -4.26. The third-order valence-electron chi connectivity index (χ3n) is 14.4. The van der Waals surface area contributed by atoms with Gasteiger partial charge in [0.1, 0.15) is 12.1 Å². The van der Waals surface area contributed by atoms with E-state index in [9.17, 15) is 47.9 Å². The third-order valence-corrected chi connectivity index (χ3v) is 20.8. The highest BCUT2D eigenvalue weighted by atomic mass is 33.1. The second-order valence-electron chi connectivity index (χ2n) is 23.2. The van der Waals surface area contributed by atoms with Crippen molar-refractivity contribution in [2.24, 2.45) is 31.8 Å². The minimum Gasteiger partial charge on any atom is -0.370 e. The summed E-state index contributed by atoms with van der Waals surface area (Å²) in [6.45, 7) is 6.94. The molecule has 26 nitrogen and oxygen atoms in total. The van der Waals surface area contributed by atoms with Crippen LogP contribution in [0.5, 0.6) is 0 Å². The summed E-state index contributed by atoms with van der Waals surface area (Å²) in [7, 11) is 7.21. The Morgan fingerprint density at radius 2 is 0.598 bits per heavy atom. The predicted molar refractivity (Wildman–Crippen MR) is 408 cm³/mol. The Morgan fingerprint density at radius 3 is 0.907 bits per heavy atom. The van der Waals surface area contributed by atoms with Crippen molar-refractivity contribution in [2.75, 3.05) is 73.8 Å². The molecule has 0 radical (unpaired) electrons. The van der Waals surface area contributed by atoms with Crippen LogP contribution in [0.15, 0.2) is 20.3 Å². The smallest absolute Gasteiger partial charge is 0.250 e. The van der Waals surface area contributed by atoms with Gasteiger partial charge in [-0.2, -0.15) is 15.3 Å². The highest BCUT2D eigenvalue weighted by Gasteiger charge is 2.27. The number of unbranched alkanes of at least 4 members (excludes halogenated alkanes) is 27. The number of hydrazone groups is 3. The van der Waals surface area contributed by atoms with Gasteiger partial charge in [0.2, 0.25) is 41.4 Å². The fourth-order valence-corrected chi connectivity index (χ4v) is 14.1. The standard InChI is InChI=1S/C65H120N16O10S6/c1-4-7-10-13-16-19-22-25-28-31-38-74-79-60(87)50-95-92-47-57(84)70-43-41-68-55(82)36-34-53(63(90)73-46-45-72-59(86)49-94-97-52-62(89)81-76-40-33-30-27-24-21-18-15-12-9-6-3)77-64(91)54(78-65(66)67)35-37-56(83)69-42-44-71-58(85)48-93-96-51-61(88)80-75-39-32-29-26-23-20-17-14-11-8-5-2/h38-40,53-54H,4-37,41-52H2,1-3H3,(H,68,82)(H,69,83)(H,70,84)(H,71,85)(H,72,86)(H,73,90)(H,77,91)(H,79,87)(H,80,88)(H,81,89)(H4,66,67,78)/b74-38-,75-39-,76-40-/t53-,54-/m0/s1. The van der Waals surface area contributed by atoms with Gasteiger partial charge in [-0.05, 0) is 51.4 Å². The number of amides is 10. The molecule has 0 bridgehead atoms. The molecule has 0 aliphatic rings. The predicted octanol–water partition coefficient (Wildman–Crippen LogP) is 8.58. The Bertz CT molecular complexity index is 2260. The molecule has 0 aliphatic carbocycles. The van der Waals surface area contributed by atoms with Crippen molar-refractivity contribution in [2.45, 2.75) is 251 Å². The maximum absolute atomic E-state index is 13.7. The molecule has 0 aromatic carbocycles. The van der Waals surface area contributed by atoms with Gasteiger partial charge in [0.05, 0.1) is 34.5 Å². The molecule has 2 atom stereocenters. The maximum Gasteiger partial charge on any atom is 0.250 e. The van der Waals surface area contributed by atoms with Crippen LogP contribution in [0.3, 0.4) is 0 Å². The maximum atomic E-state index is 13.7. The Kier molecular flexibility index (Phi) is 66.0. The van der Waals surface area contributed by atoms with E-state index < -0.39 is 41.7 Å². The summed E-state index contributed by atoms with van der Waals surface area (Å²) in [6.07, 6.45) is 39.9. The largest absolute Gasteiger partial charge is 0.370 e. The first-order valence-electron chi connectivity index (χ1n) is 35.3. The first kappa shape index (κ1) is 92.1. The monoisotopic (exact) mass is 1480 g/mol. The molecule has 0 saturated carbocycles. The van der Waals surface area contributed by atoms with Crippen molar-refractivity contribution >= 4 is 148 Å². The van der Waals surface area contributed by atoms with Gasteiger partial charge in [-0.3, -0.25) is 47.9 Å². The zero-order chi connectivity index (χ0) is 71.3. The van der Waals surface area contributed by atoms with Crippen LogP contribution in [0.4, 0.5) is 0 Å². The quantitative estimate of drug-likeness (QED) is 0.00891. The molecule has 0 unspecified atom stereocenters. The normalized spacial score (nSPS) is 11.8. The van der Waals surface area contributed by atoms with Crippen molar-refractivity contribution in [3.05, 3.63) is 0 Å². The van der Waals surface area contributed by atoms with E-state index in [2.05, 4.69) is 94.6 Å². The van der Waals surface area contributed by atoms with Crippen LogP contribution in [0.2, 0.25) is 0 Å². The molecule has 0 spiro atoms. The number of hydrogen-bond acceptors (Lipinski definition) is 20. The van der Waals surface area contributed by atoms with E-state index in [-0.39, 0.29) is 135 Å². The number of nitrogens with zero attached hydrogens (tertiary/aromatic N) is 4. The Labute approximate surface area is 602 Å². The van der Waals surface area contributed by atoms with Crippen LogP contribution in [0.1, 0.15) is 239 Å². The lowest BCUT2D eigenvalue weighted by Gasteiger charge is -2.21. The van der Waals surface area contributed by atoms with E-state index in [4.69, 9.17) is 11.5 Å². The molecule has 0 heterocycles. The van der Waals surface area contributed by atoms with Gasteiger partial charge in [0, 0.05) is 70.8 Å². The summed E-state index contributed by atoms with van der Waals surface area (Å²) < 4.78 is 0. The number of carbonyl (C=O) groups is 10. The minimum absolute atomic E-state index is 0.0152. The Balaban J connectivity index is 5.08. The number of hydrogen-bond donors (Lipinski definition) is 12. The first-order chi connectivity index (χ1) is 47.1. The van der Waals surface area contributed by atoms with Gasteiger partial charge < -0.3 is 48.7 Å². The zero-order valence-corrected chi connectivity index (χ0v) is 63.3. The van der Waals surface area contributed by atoms with E-state index in [1.54, 1.807) is 18.6 Å². The molecule has 0 rings (SSSR count). The molecule has 10 amide bonds. The summed E-state index contributed by atoms with van der Waals surface area (Å²) in [4.78, 5) is 131. The number of aliphatic imine (C=N–C) groups is 1. The second kappa shape index (κ2) is 69.6. The summed E-state index contributed by atoms with van der Waals surface area (Å²) in [5.41, 5.74) is 18.9. The van der Waals surface area contributed by atoms with Gasteiger partial charge >= 0.3 is 0 Å². The Morgan fingerprint density at radius 1 is 0.330 bits per heavy atom. The van der Waals surface area contributed by atoms with Gasteiger partial charge in [-0.1, -0.05) is 240 Å². The van der Waals surface area contributed by atoms with Crippen LogP contribution >= 0.6 is 64.8 Å². The average Bonchev–Trinajstić information content (AvgIpc) is 1.47. The lowest BCUT2D eigenvalue weighted by molar-refractivity contribution is -0.130. The Hall–Kier alpha value is -4.92. The molecule has 97 heavy (non-hydrogen) atoms. The minimum atomic E-state index is -1.33. The number of carbonyl (C=O) groups excluding carboxylic acids is 10. The number of rotatable bonds is 67. The van der Waals surface area contributed by atoms with E-state index in [1.165, 1.54) is 200 Å². The first-order valence-corrected chi connectivity index (χ1v) is 42.7. The van der Waals surface area contributed by atoms with Crippen molar-refractivity contribution in [1.82, 2.24) is 53.5 Å². The van der Waals surface area contributed by atoms with E-state index in [0.29, 0.717) is 0 Å². The average molecular weight is 1480 g/mol. The molecule has 0 saturated heterocycles. The van der Waals surface area contributed by atoms with Crippen LogP contribution in [0.25, 0.3) is 0 Å². The number of nitrogens with two attached hydrogens (primary N) is 2. The van der Waals surface area contributed by atoms with Crippen molar-refractivity contribution in [3.8, 4) is 0 Å². The summed E-state index contributed by atoms with van der Waals surface area (Å²) >= 11 is 0. The molecule has 14 N–H and O–H groups in total. The lowest BCUT2D eigenvalue weighted by Crippen LogP contribution is -2.51. The highest BCUT2D eigenvalue weighted by Crippen LogP contribution is 2.22. The van der Waals surface area contributed by atoms with Crippen LogP contribution in [-0.2, 0) is 47.9 Å². The summed E-state index contributed by atoms with van der Waals surface area (Å²) in [5, 5.41) is 30.7. The molecule has 556 valence electrons. The molecular weight excluding hydrogens is 1360 g/mol. The topological polar surface area (TPSA) is 392 Å². The number of nitrogens with one attached hydrogen (secondary N) is 10. The molecule has 32 heteroatoms. The van der Waals surface area contributed by atoms with Gasteiger partial charge in [-0.15, -0.1) is 0 Å². The van der Waals surface area contributed by atoms with Crippen molar-refractivity contribution in [1.29, 1.82) is 0 Å². The van der Waals surface area contributed by atoms with E-state index in [1.807, 2.05) is 0 Å². The second-order valence-corrected chi connectivity index (χ2v) is 30.6. The molecule has 0 aromatic heterocycles. The molecule has 0 aromatic rings. The highest BCUT2D eigenvalue weighted by molar-refractivity contribution is 8.77. The summed E-state index contributed by atoms with van der Waals surface area (Å²) in [6, 6.07) is -2.63. The van der Waals surface area contributed by atoms with Crippen LogP contribution in [0, 0.1) is 0 Å². The zero-order valence-electron chi connectivity index (χ0n) is 58.4. The molecule has 0 fully saturated rings. The fraction of sp³-hybridized carbons (Fsp3) is 0.785. The van der Waals surface area contributed by atoms with Crippen LogP contribution < -0.4 is 65.0 Å². The van der Waals surface area contributed by atoms with Crippen molar-refractivity contribution < 1.29 is 47.9 Å². The van der Waals surface area contributed by atoms with Crippen molar-refractivity contribution in [3.63, 3.8) is 0 Å². The fourth-order valence-electron chi connectivity index (χ4n) is 9.02. The van der Waals surface area contributed by atoms with Gasteiger partial charge in [-0.25, -0.2) is 21.3 Å². The SMILES string of the molecule is CCCCCCCCCCC/C=N\NC(=O)CSSCC(=O)NCCNC(=O)CC[C@H](N=C(N)N)C(=O)N[C@@H](CCC(=O)NCCNC(=O)CSSCC(=O)N/N=C\CCCCCCCCCCC)C(=O)NCCNC(=O)CSSCC(=O)N/N=C\CCCCCCCCCCC. The third kappa shape index (κ3) is 65.5. The molecule has 0 aliphatic heterocycles. The molecular formula is C65H120N16O10S6. The van der Waals surface area contributed by atoms with Crippen LogP contribution in [-0.4, -0.2) is 170 Å². The number of guanidine groups is 1. The van der Waals surface area contributed by atoms with E-state index in [0.717, 1.165) is 57.8 Å². The van der Waals surface area contributed by atoms with Gasteiger partial charge in [0.25, 0.3) is 17.7 Å². The van der Waals surface area contributed by atoms with Gasteiger partial charge in [0.15, 0.2) is 5.96 Å².